The SMILES string of the molecule is Cc1[nH]ncc1CNCc1ccc([N+](=O)[O-])o1. The van der Waals surface area contributed by atoms with Crippen LogP contribution in [-0.2, 0) is 13.1 Å². The molecule has 0 fully saturated rings. The topological polar surface area (TPSA) is 97.0 Å². The Bertz CT molecular complexity index is 517. The highest BCUT2D eigenvalue weighted by Gasteiger charge is 2.11. The average Bonchev–Trinajstić information content (AvgIpc) is 2.89. The molecule has 2 heterocycles. The van der Waals surface area contributed by atoms with Crippen molar-refractivity contribution in [2.45, 2.75) is 20.0 Å². The van der Waals surface area contributed by atoms with E-state index in [0.717, 1.165) is 11.3 Å². The van der Waals surface area contributed by atoms with Gasteiger partial charge in [-0.15, -0.1) is 0 Å². The van der Waals surface area contributed by atoms with Crippen LogP contribution in [-0.4, -0.2) is 15.1 Å². The van der Waals surface area contributed by atoms with Crippen molar-refractivity contribution in [3.05, 3.63) is 45.5 Å². The Balaban J connectivity index is 1.86. The largest absolute Gasteiger partial charge is 0.433 e. The predicted molar refractivity (Wildman–Crippen MR) is 59.2 cm³/mol. The Hall–Kier alpha value is -2.15. The minimum absolute atomic E-state index is 0.235. The van der Waals surface area contributed by atoms with Gasteiger partial charge in [0.05, 0.1) is 18.8 Å². The monoisotopic (exact) mass is 236 g/mol. The molecule has 90 valence electrons. The van der Waals surface area contributed by atoms with E-state index in [1.54, 1.807) is 12.3 Å². The number of nitrogens with one attached hydrogen (secondary N) is 2. The lowest BCUT2D eigenvalue weighted by Crippen LogP contribution is -2.12. The van der Waals surface area contributed by atoms with E-state index in [1.165, 1.54) is 6.07 Å². The number of rotatable bonds is 5. The maximum Gasteiger partial charge on any atom is 0.433 e. The summed E-state index contributed by atoms with van der Waals surface area (Å²) in [6.07, 6.45) is 1.74. The molecule has 0 atom stereocenters. The van der Waals surface area contributed by atoms with Crippen LogP contribution in [0.2, 0.25) is 0 Å². The number of hydrogen-bond donors (Lipinski definition) is 2. The predicted octanol–water partition coefficient (Wildman–Crippen LogP) is 1.51. The van der Waals surface area contributed by atoms with Crippen LogP contribution in [0.1, 0.15) is 17.0 Å². The van der Waals surface area contributed by atoms with Crippen LogP contribution in [0.3, 0.4) is 0 Å². The summed E-state index contributed by atoms with van der Waals surface area (Å²) in [7, 11) is 0. The molecule has 2 aromatic heterocycles. The molecule has 0 saturated carbocycles. The van der Waals surface area contributed by atoms with Gasteiger partial charge in [-0.25, -0.2) is 0 Å². The Morgan fingerprint density at radius 3 is 2.94 bits per heavy atom. The molecule has 0 bridgehead atoms. The Labute approximate surface area is 97.0 Å². The first-order valence-electron chi connectivity index (χ1n) is 5.09. The number of H-pyrrole nitrogens is 1. The van der Waals surface area contributed by atoms with E-state index in [0.29, 0.717) is 18.8 Å². The van der Waals surface area contributed by atoms with Crippen LogP contribution in [0.25, 0.3) is 0 Å². The van der Waals surface area contributed by atoms with Gasteiger partial charge in [0.25, 0.3) is 0 Å². The number of nitrogens with zero attached hydrogens (tertiary/aromatic N) is 2. The Morgan fingerprint density at radius 1 is 1.53 bits per heavy atom. The number of furan rings is 1. The number of aromatic amines is 1. The first kappa shape index (κ1) is 11.3. The number of nitro groups is 1. The van der Waals surface area contributed by atoms with Gasteiger partial charge < -0.3 is 9.73 Å². The third kappa shape index (κ3) is 2.70. The van der Waals surface area contributed by atoms with Crippen molar-refractivity contribution in [2.24, 2.45) is 0 Å². The molecular formula is C10H12N4O3. The molecule has 2 aromatic rings. The van der Waals surface area contributed by atoms with E-state index in [4.69, 9.17) is 4.42 Å². The van der Waals surface area contributed by atoms with Gasteiger partial charge in [0.2, 0.25) is 0 Å². The second kappa shape index (κ2) is 4.79. The zero-order valence-electron chi connectivity index (χ0n) is 9.27. The molecule has 7 nitrogen and oxygen atoms in total. The number of hydrogen-bond acceptors (Lipinski definition) is 5. The summed E-state index contributed by atoms with van der Waals surface area (Å²) >= 11 is 0. The molecule has 0 amide bonds. The molecule has 0 saturated heterocycles. The summed E-state index contributed by atoms with van der Waals surface area (Å²) in [5, 5.41) is 20.2. The van der Waals surface area contributed by atoms with Gasteiger partial charge >= 0.3 is 5.88 Å². The second-order valence-corrected chi connectivity index (χ2v) is 3.62. The molecule has 0 unspecified atom stereocenters. The van der Waals surface area contributed by atoms with Crippen LogP contribution in [0.15, 0.2) is 22.7 Å². The van der Waals surface area contributed by atoms with Gasteiger partial charge in [-0.2, -0.15) is 5.10 Å². The summed E-state index contributed by atoms with van der Waals surface area (Å²) in [5.41, 5.74) is 2.06. The van der Waals surface area contributed by atoms with E-state index < -0.39 is 4.92 Å². The van der Waals surface area contributed by atoms with Crippen LogP contribution in [0.5, 0.6) is 0 Å². The molecule has 7 heteroatoms. The Morgan fingerprint density at radius 2 is 2.35 bits per heavy atom. The van der Waals surface area contributed by atoms with E-state index in [1.807, 2.05) is 6.92 Å². The first-order valence-corrected chi connectivity index (χ1v) is 5.09. The van der Waals surface area contributed by atoms with Gasteiger partial charge in [-0.3, -0.25) is 15.2 Å². The van der Waals surface area contributed by atoms with E-state index >= 15 is 0 Å². The van der Waals surface area contributed by atoms with Crippen molar-refractivity contribution < 1.29 is 9.34 Å². The van der Waals surface area contributed by atoms with Gasteiger partial charge in [-0.05, 0) is 13.0 Å². The Kier molecular flexibility index (Phi) is 3.20. The molecule has 0 aliphatic heterocycles. The standard InChI is InChI=1S/C10H12N4O3/c1-7-8(5-12-13-7)4-11-6-9-2-3-10(17-9)14(15)16/h2-3,5,11H,4,6H2,1H3,(H,12,13). The summed E-state index contributed by atoms with van der Waals surface area (Å²) < 4.78 is 5.01. The van der Waals surface area contributed by atoms with Gasteiger partial charge in [0, 0.05) is 17.8 Å². The van der Waals surface area contributed by atoms with Crippen molar-refractivity contribution >= 4 is 5.88 Å². The highest BCUT2D eigenvalue weighted by Crippen LogP contribution is 2.15. The lowest BCUT2D eigenvalue weighted by Gasteiger charge is -2.00. The van der Waals surface area contributed by atoms with E-state index in [2.05, 4.69) is 15.5 Å². The number of aryl methyl sites for hydroxylation is 1. The summed E-state index contributed by atoms with van der Waals surface area (Å²) in [4.78, 5) is 9.85. The summed E-state index contributed by atoms with van der Waals surface area (Å²) in [6, 6.07) is 2.94. The molecule has 0 aromatic carbocycles. The lowest BCUT2D eigenvalue weighted by atomic mass is 10.2. The van der Waals surface area contributed by atoms with Crippen LogP contribution < -0.4 is 5.32 Å². The zero-order valence-corrected chi connectivity index (χ0v) is 9.27. The average molecular weight is 236 g/mol. The molecule has 0 aliphatic rings. The zero-order chi connectivity index (χ0) is 12.3. The molecule has 2 rings (SSSR count). The third-order valence-electron chi connectivity index (χ3n) is 2.38. The van der Waals surface area contributed by atoms with Crippen molar-refractivity contribution in [2.75, 3.05) is 0 Å². The molecule has 17 heavy (non-hydrogen) atoms. The normalized spacial score (nSPS) is 10.6. The fourth-order valence-electron chi connectivity index (χ4n) is 1.43. The molecular weight excluding hydrogens is 224 g/mol. The van der Waals surface area contributed by atoms with Crippen LogP contribution in [0.4, 0.5) is 5.88 Å². The second-order valence-electron chi connectivity index (χ2n) is 3.62. The molecule has 0 spiro atoms. The maximum absolute atomic E-state index is 10.4. The van der Waals surface area contributed by atoms with Gasteiger partial charge in [0.1, 0.15) is 10.7 Å². The summed E-state index contributed by atoms with van der Waals surface area (Å²) in [5.74, 6) is 0.305. The highest BCUT2D eigenvalue weighted by molar-refractivity contribution is 5.18. The minimum Gasteiger partial charge on any atom is -0.404 e. The fraction of sp³-hybridized carbons (Fsp3) is 0.300. The highest BCUT2D eigenvalue weighted by atomic mass is 16.6. The number of aromatic nitrogens is 2. The van der Waals surface area contributed by atoms with Crippen molar-refractivity contribution in [1.82, 2.24) is 15.5 Å². The van der Waals surface area contributed by atoms with E-state index in [-0.39, 0.29) is 5.88 Å². The molecule has 0 radical (unpaired) electrons. The third-order valence-corrected chi connectivity index (χ3v) is 2.38. The smallest absolute Gasteiger partial charge is 0.404 e. The quantitative estimate of drug-likeness (QED) is 0.605. The molecule has 0 aliphatic carbocycles. The summed E-state index contributed by atoms with van der Waals surface area (Å²) in [6.45, 7) is 3.01. The maximum atomic E-state index is 10.4. The fourth-order valence-corrected chi connectivity index (χ4v) is 1.43. The first-order chi connectivity index (χ1) is 8.16. The van der Waals surface area contributed by atoms with Crippen molar-refractivity contribution in [3.63, 3.8) is 0 Å². The van der Waals surface area contributed by atoms with Gasteiger partial charge in [-0.1, -0.05) is 0 Å². The molecule has 2 N–H and O–H groups in total. The minimum atomic E-state index is -0.552. The van der Waals surface area contributed by atoms with Crippen molar-refractivity contribution in [3.8, 4) is 0 Å². The van der Waals surface area contributed by atoms with Crippen LogP contribution >= 0.6 is 0 Å². The van der Waals surface area contributed by atoms with Crippen molar-refractivity contribution in [1.29, 1.82) is 0 Å². The lowest BCUT2D eigenvalue weighted by molar-refractivity contribution is -0.402. The van der Waals surface area contributed by atoms with E-state index in [9.17, 15) is 10.1 Å². The van der Waals surface area contributed by atoms with Crippen LogP contribution in [0, 0.1) is 17.0 Å². The van der Waals surface area contributed by atoms with Gasteiger partial charge in [0.15, 0.2) is 0 Å².